The summed E-state index contributed by atoms with van der Waals surface area (Å²) in [4.78, 5) is 13.3. The van der Waals surface area contributed by atoms with Crippen LogP contribution in [0.4, 0.5) is 0 Å². The first-order chi connectivity index (χ1) is 15.3. The second-order valence-electron chi connectivity index (χ2n) is 6.74. The Morgan fingerprint density at radius 3 is 1.09 bits per heavy atom. The standard InChI is InChI=1S/C17H18O13S4/c1-31(19,20)27-13-9-5-7-11(16(13)29-33(3,23)24)15(18)12-8-6-10-14(28-32(2,21)22)17(12)30-34(4,25)26/h5-10H,1-4H3. The minimum absolute atomic E-state index is 0.582. The van der Waals surface area contributed by atoms with Gasteiger partial charge in [-0.15, -0.1) is 0 Å². The summed E-state index contributed by atoms with van der Waals surface area (Å²) in [6.45, 7) is 0. The van der Waals surface area contributed by atoms with E-state index in [0.717, 1.165) is 36.4 Å². The van der Waals surface area contributed by atoms with Gasteiger partial charge in [-0.1, -0.05) is 12.1 Å². The summed E-state index contributed by atoms with van der Waals surface area (Å²) >= 11 is 0. The molecule has 0 heterocycles. The van der Waals surface area contributed by atoms with E-state index in [-0.39, 0.29) is 0 Å². The minimum Gasteiger partial charge on any atom is -0.379 e. The lowest BCUT2D eigenvalue weighted by atomic mass is 10.0. The van der Waals surface area contributed by atoms with Gasteiger partial charge in [-0.25, -0.2) is 0 Å². The normalized spacial score (nSPS) is 12.6. The summed E-state index contributed by atoms with van der Waals surface area (Å²) in [5.74, 6) is -4.10. The average molecular weight is 559 g/mol. The van der Waals surface area contributed by atoms with E-state index in [9.17, 15) is 38.5 Å². The quantitative estimate of drug-likeness (QED) is 0.285. The van der Waals surface area contributed by atoms with Gasteiger partial charge < -0.3 is 16.7 Å². The SMILES string of the molecule is CS(=O)(=O)Oc1cccc(C(=O)c2cccc(OS(C)(=O)=O)c2OS(C)(=O)=O)c1OS(C)(=O)=O. The molecule has 0 saturated carbocycles. The van der Waals surface area contributed by atoms with Crippen molar-refractivity contribution >= 4 is 46.3 Å². The molecule has 0 aliphatic carbocycles. The fourth-order valence-corrected chi connectivity index (χ4v) is 4.33. The van der Waals surface area contributed by atoms with Crippen LogP contribution in [-0.4, -0.2) is 64.5 Å². The lowest BCUT2D eigenvalue weighted by molar-refractivity contribution is 0.103. The zero-order valence-electron chi connectivity index (χ0n) is 17.9. The van der Waals surface area contributed by atoms with Crippen LogP contribution in [0.25, 0.3) is 0 Å². The maximum absolute atomic E-state index is 13.3. The van der Waals surface area contributed by atoms with Crippen molar-refractivity contribution in [1.29, 1.82) is 0 Å². The Balaban J connectivity index is 2.83. The molecule has 0 fully saturated rings. The van der Waals surface area contributed by atoms with Crippen molar-refractivity contribution in [3.05, 3.63) is 47.5 Å². The molecule has 0 saturated heterocycles. The number of carbonyl (C=O) groups excluding carboxylic acids is 1. The average Bonchev–Trinajstić information content (AvgIpc) is 2.59. The van der Waals surface area contributed by atoms with Crippen molar-refractivity contribution in [3.63, 3.8) is 0 Å². The van der Waals surface area contributed by atoms with Gasteiger partial charge in [0.1, 0.15) is 0 Å². The van der Waals surface area contributed by atoms with Crippen LogP contribution in [-0.2, 0) is 40.5 Å². The molecule has 0 N–H and O–H groups in total. The zero-order chi connectivity index (χ0) is 26.1. The number of carbonyl (C=O) groups is 1. The Labute approximate surface area is 196 Å². The molecule has 0 aliphatic rings. The van der Waals surface area contributed by atoms with Gasteiger partial charge in [0.25, 0.3) is 0 Å². The highest BCUT2D eigenvalue weighted by molar-refractivity contribution is 7.87. The second-order valence-corrected chi connectivity index (χ2v) is 13.0. The topological polar surface area (TPSA) is 191 Å². The first kappa shape index (κ1) is 27.4. The molecule has 188 valence electrons. The Morgan fingerprint density at radius 1 is 0.529 bits per heavy atom. The molecular weight excluding hydrogens is 540 g/mol. The molecule has 0 unspecified atom stereocenters. The van der Waals surface area contributed by atoms with Gasteiger partial charge in [-0.3, -0.25) is 4.79 Å². The first-order valence-electron chi connectivity index (χ1n) is 8.64. The fourth-order valence-electron chi connectivity index (χ4n) is 2.47. The van der Waals surface area contributed by atoms with Gasteiger partial charge >= 0.3 is 40.5 Å². The highest BCUT2D eigenvalue weighted by atomic mass is 32.2. The molecule has 0 aliphatic heterocycles. The summed E-state index contributed by atoms with van der Waals surface area (Å²) < 4.78 is 112. The van der Waals surface area contributed by atoms with Crippen molar-refractivity contribution in [2.24, 2.45) is 0 Å². The van der Waals surface area contributed by atoms with E-state index in [2.05, 4.69) is 0 Å². The number of para-hydroxylation sites is 2. The van der Waals surface area contributed by atoms with E-state index in [0.29, 0.717) is 25.0 Å². The predicted octanol–water partition coefficient (Wildman–Crippen LogP) is 0.271. The van der Waals surface area contributed by atoms with Crippen molar-refractivity contribution in [1.82, 2.24) is 0 Å². The van der Waals surface area contributed by atoms with Crippen molar-refractivity contribution in [2.75, 3.05) is 25.0 Å². The van der Waals surface area contributed by atoms with Crippen molar-refractivity contribution < 1.29 is 55.2 Å². The van der Waals surface area contributed by atoms with Gasteiger partial charge in [-0.2, -0.15) is 33.7 Å². The number of hydrogen-bond donors (Lipinski definition) is 0. The number of benzene rings is 2. The van der Waals surface area contributed by atoms with E-state index >= 15 is 0 Å². The lowest BCUT2D eigenvalue weighted by Crippen LogP contribution is -2.16. The van der Waals surface area contributed by atoms with Crippen LogP contribution in [0.2, 0.25) is 0 Å². The maximum Gasteiger partial charge on any atom is 0.306 e. The van der Waals surface area contributed by atoms with Gasteiger partial charge in [0.15, 0.2) is 23.0 Å². The second kappa shape index (κ2) is 9.40. The van der Waals surface area contributed by atoms with Crippen LogP contribution in [0, 0.1) is 0 Å². The molecular formula is C17H18O13S4. The highest BCUT2D eigenvalue weighted by Gasteiger charge is 2.29. The first-order valence-corrected chi connectivity index (χ1v) is 15.9. The monoisotopic (exact) mass is 558 g/mol. The molecule has 0 radical (unpaired) electrons. The van der Waals surface area contributed by atoms with Gasteiger partial charge in [0, 0.05) is 0 Å². The Kier molecular flexibility index (Phi) is 7.56. The van der Waals surface area contributed by atoms with E-state index in [1.165, 1.54) is 0 Å². The van der Waals surface area contributed by atoms with E-state index in [1.54, 1.807) is 0 Å². The fraction of sp³-hybridized carbons (Fsp3) is 0.235. The largest absolute Gasteiger partial charge is 0.379 e. The van der Waals surface area contributed by atoms with Gasteiger partial charge in [-0.05, 0) is 24.3 Å². The lowest BCUT2D eigenvalue weighted by Gasteiger charge is -2.16. The number of ketones is 1. The van der Waals surface area contributed by atoms with E-state index in [4.69, 9.17) is 16.7 Å². The molecule has 34 heavy (non-hydrogen) atoms. The minimum atomic E-state index is -4.32. The maximum atomic E-state index is 13.3. The van der Waals surface area contributed by atoms with Crippen LogP contribution in [0.1, 0.15) is 15.9 Å². The predicted molar refractivity (Wildman–Crippen MR) is 118 cm³/mol. The third-order valence-electron chi connectivity index (χ3n) is 3.40. The van der Waals surface area contributed by atoms with Gasteiger partial charge in [0.2, 0.25) is 5.78 Å². The van der Waals surface area contributed by atoms with Crippen LogP contribution in [0.15, 0.2) is 36.4 Å². The molecule has 2 aromatic rings. The molecule has 0 aromatic heterocycles. The molecule has 0 spiro atoms. The van der Waals surface area contributed by atoms with Gasteiger partial charge in [0.05, 0.1) is 36.1 Å². The van der Waals surface area contributed by atoms with E-state index < -0.39 is 80.4 Å². The summed E-state index contributed by atoms with van der Waals surface area (Å²) in [5.41, 5.74) is -1.16. The molecule has 13 nitrogen and oxygen atoms in total. The Morgan fingerprint density at radius 2 is 0.824 bits per heavy atom. The van der Waals surface area contributed by atoms with Crippen LogP contribution < -0.4 is 16.7 Å². The molecule has 17 heteroatoms. The summed E-state index contributed by atoms with van der Waals surface area (Å²) in [5, 5.41) is 0. The third-order valence-corrected chi connectivity index (χ3v) is 5.30. The van der Waals surface area contributed by atoms with E-state index in [1.807, 2.05) is 0 Å². The van der Waals surface area contributed by atoms with Crippen LogP contribution >= 0.6 is 0 Å². The third kappa shape index (κ3) is 8.15. The molecule has 2 aromatic carbocycles. The smallest absolute Gasteiger partial charge is 0.306 e. The van der Waals surface area contributed by atoms with Crippen molar-refractivity contribution in [3.8, 4) is 23.0 Å². The summed E-state index contributed by atoms with van der Waals surface area (Å²) in [6, 6.07) is 6.36. The Hall–Kier alpha value is -2.89. The Bertz CT molecular complexity index is 1440. The molecule has 2 rings (SSSR count). The van der Waals surface area contributed by atoms with Crippen molar-refractivity contribution in [2.45, 2.75) is 0 Å². The number of hydrogen-bond acceptors (Lipinski definition) is 13. The van der Waals surface area contributed by atoms with Crippen LogP contribution in [0.5, 0.6) is 23.0 Å². The zero-order valence-corrected chi connectivity index (χ0v) is 21.2. The summed E-state index contributed by atoms with van der Waals surface area (Å²) in [6.07, 6.45) is 2.57. The highest BCUT2D eigenvalue weighted by Crippen LogP contribution is 2.39. The van der Waals surface area contributed by atoms with Crippen LogP contribution in [0.3, 0.4) is 0 Å². The number of rotatable bonds is 10. The molecule has 0 amide bonds. The summed E-state index contributed by atoms with van der Waals surface area (Å²) in [7, 11) is -17.0. The molecule has 0 bridgehead atoms. The molecule has 0 atom stereocenters.